The standard InChI is InChI=1S/C15H18N2O2/c1-2-3-11-4-6-12(7-5-11)13-10-16-14(17-13)8-9-15(18)19/h4-7,10H,2-3,8-9H2,1H3,(H,16,17)(H,18,19). The molecule has 2 rings (SSSR count). The lowest BCUT2D eigenvalue weighted by atomic mass is 10.1. The number of benzene rings is 1. The molecule has 0 radical (unpaired) electrons. The molecule has 0 unspecified atom stereocenters. The number of hydrogen-bond donors (Lipinski definition) is 2. The van der Waals surface area contributed by atoms with E-state index in [0.717, 1.165) is 29.9 Å². The third-order valence-electron chi connectivity index (χ3n) is 3.01. The number of nitrogens with one attached hydrogen (secondary N) is 1. The highest BCUT2D eigenvalue weighted by molar-refractivity contribution is 5.67. The van der Waals surface area contributed by atoms with Crippen molar-refractivity contribution < 1.29 is 9.90 Å². The predicted octanol–water partition coefficient (Wildman–Crippen LogP) is 3.05. The summed E-state index contributed by atoms with van der Waals surface area (Å²) in [5.41, 5.74) is 3.34. The van der Waals surface area contributed by atoms with Crippen molar-refractivity contribution in [3.8, 4) is 11.3 Å². The first kappa shape index (κ1) is 13.3. The molecule has 2 aromatic rings. The molecule has 1 aromatic heterocycles. The molecule has 1 heterocycles. The third-order valence-corrected chi connectivity index (χ3v) is 3.01. The van der Waals surface area contributed by atoms with Crippen molar-refractivity contribution in [3.63, 3.8) is 0 Å². The monoisotopic (exact) mass is 258 g/mol. The Balaban J connectivity index is 2.07. The van der Waals surface area contributed by atoms with Crippen LogP contribution in [0.2, 0.25) is 0 Å². The smallest absolute Gasteiger partial charge is 0.303 e. The number of aromatic amines is 1. The summed E-state index contributed by atoms with van der Waals surface area (Å²) in [5.74, 6) is -0.0862. The Morgan fingerprint density at radius 3 is 2.63 bits per heavy atom. The number of carboxylic acid groups (broad SMARTS) is 1. The Bertz CT molecular complexity index is 544. The number of aromatic nitrogens is 2. The topological polar surface area (TPSA) is 66.0 Å². The summed E-state index contributed by atoms with van der Waals surface area (Å²) in [5, 5.41) is 8.64. The van der Waals surface area contributed by atoms with E-state index in [2.05, 4.69) is 41.2 Å². The van der Waals surface area contributed by atoms with Gasteiger partial charge in [-0.25, -0.2) is 4.98 Å². The van der Waals surface area contributed by atoms with Gasteiger partial charge in [0.2, 0.25) is 0 Å². The Kier molecular flexibility index (Phi) is 4.34. The molecule has 0 aliphatic carbocycles. The number of carbonyl (C=O) groups is 1. The van der Waals surface area contributed by atoms with Crippen molar-refractivity contribution in [3.05, 3.63) is 41.9 Å². The van der Waals surface area contributed by atoms with Crippen LogP contribution in [0.15, 0.2) is 30.5 Å². The van der Waals surface area contributed by atoms with E-state index >= 15 is 0 Å². The van der Waals surface area contributed by atoms with Gasteiger partial charge in [-0.1, -0.05) is 37.6 Å². The molecule has 100 valence electrons. The molecule has 19 heavy (non-hydrogen) atoms. The van der Waals surface area contributed by atoms with Crippen LogP contribution >= 0.6 is 0 Å². The van der Waals surface area contributed by atoms with Gasteiger partial charge in [0, 0.05) is 6.42 Å². The fourth-order valence-corrected chi connectivity index (χ4v) is 2.00. The molecule has 0 spiro atoms. The summed E-state index contributed by atoms with van der Waals surface area (Å²) >= 11 is 0. The fourth-order valence-electron chi connectivity index (χ4n) is 2.00. The highest BCUT2D eigenvalue weighted by Crippen LogP contribution is 2.18. The highest BCUT2D eigenvalue weighted by atomic mass is 16.4. The van der Waals surface area contributed by atoms with Gasteiger partial charge in [-0.3, -0.25) is 4.79 Å². The largest absolute Gasteiger partial charge is 0.481 e. The first-order valence-corrected chi connectivity index (χ1v) is 6.54. The third kappa shape index (κ3) is 3.68. The molecule has 4 nitrogen and oxygen atoms in total. The van der Waals surface area contributed by atoms with Gasteiger partial charge in [0.1, 0.15) is 5.82 Å². The van der Waals surface area contributed by atoms with E-state index in [1.54, 1.807) is 6.20 Å². The molecule has 0 saturated carbocycles. The highest BCUT2D eigenvalue weighted by Gasteiger charge is 2.05. The van der Waals surface area contributed by atoms with Crippen LogP contribution in [0.3, 0.4) is 0 Å². The van der Waals surface area contributed by atoms with E-state index in [9.17, 15) is 4.79 Å². The number of carboxylic acids is 1. The normalized spacial score (nSPS) is 10.6. The molecular weight excluding hydrogens is 240 g/mol. The van der Waals surface area contributed by atoms with Crippen LogP contribution in [0, 0.1) is 0 Å². The van der Waals surface area contributed by atoms with E-state index in [0.29, 0.717) is 6.42 Å². The van der Waals surface area contributed by atoms with E-state index in [1.165, 1.54) is 5.56 Å². The van der Waals surface area contributed by atoms with Gasteiger partial charge < -0.3 is 10.1 Å². The van der Waals surface area contributed by atoms with Gasteiger partial charge in [-0.2, -0.15) is 0 Å². The van der Waals surface area contributed by atoms with E-state index in [1.807, 2.05) is 0 Å². The molecule has 4 heteroatoms. The zero-order chi connectivity index (χ0) is 13.7. The second-order valence-corrected chi connectivity index (χ2v) is 4.58. The summed E-state index contributed by atoms with van der Waals surface area (Å²) in [6.45, 7) is 2.16. The zero-order valence-corrected chi connectivity index (χ0v) is 11.0. The molecule has 0 aliphatic heterocycles. The minimum Gasteiger partial charge on any atom is -0.481 e. The van der Waals surface area contributed by atoms with Crippen molar-refractivity contribution in [1.29, 1.82) is 0 Å². The van der Waals surface area contributed by atoms with Gasteiger partial charge in [0.05, 0.1) is 18.3 Å². The number of H-pyrrole nitrogens is 1. The minimum atomic E-state index is -0.804. The van der Waals surface area contributed by atoms with Crippen LogP contribution < -0.4 is 0 Å². The minimum absolute atomic E-state index is 0.0996. The van der Waals surface area contributed by atoms with E-state index in [4.69, 9.17) is 5.11 Å². The maximum Gasteiger partial charge on any atom is 0.303 e. The Morgan fingerprint density at radius 2 is 2.00 bits per heavy atom. The summed E-state index contributed by atoms with van der Waals surface area (Å²) in [6, 6.07) is 8.38. The van der Waals surface area contributed by atoms with Gasteiger partial charge in [-0.05, 0) is 17.5 Å². The number of aryl methyl sites for hydroxylation is 2. The first-order valence-electron chi connectivity index (χ1n) is 6.54. The number of aliphatic carboxylic acids is 1. The average Bonchev–Trinajstić information content (AvgIpc) is 2.86. The lowest BCUT2D eigenvalue weighted by Crippen LogP contribution is -1.98. The second-order valence-electron chi connectivity index (χ2n) is 4.58. The van der Waals surface area contributed by atoms with Crippen molar-refractivity contribution >= 4 is 5.97 Å². The molecule has 0 saturated heterocycles. The lowest BCUT2D eigenvalue weighted by molar-refractivity contribution is -0.137. The predicted molar refractivity (Wildman–Crippen MR) is 74.0 cm³/mol. The molecule has 0 fully saturated rings. The first-order chi connectivity index (χ1) is 9.19. The van der Waals surface area contributed by atoms with Crippen LogP contribution in [-0.2, 0) is 17.6 Å². The Labute approximate surface area is 112 Å². The average molecular weight is 258 g/mol. The Hall–Kier alpha value is -2.10. The van der Waals surface area contributed by atoms with Crippen LogP contribution in [-0.4, -0.2) is 21.0 Å². The zero-order valence-electron chi connectivity index (χ0n) is 11.0. The Morgan fingerprint density at radius 1 is 1.26 bits per heavy atom. The molecule has 0 aliphatic rings. The van der Waals surface area contributed by atoms with Gasteiger partial charge in [0.25, 0.3) is 0 Å². The summed E-state index contributed by atoms with van der Waals surface area (Å²) in [4.78, 5) is 17.9. The van der Waals surface area contributed by atoms with Crippen LogP contribution in [0.25, 0.3) is 11.3 Å². The number of rotatable bonds is 6. The molecular formula is C15H18N2O2. The number of imidazole rings is 1. The maximum atomic E-state index is 10.5. The van der Waals surface area contributed by atoms with Crippen LogP contribution in [0.1, 0.15) is 31.2 Å². The SMILES string of the molecule is CCCc1ccc(-c2cnc(CCC(=O)O)[nH]2)cc1. The summed E-state index contributed by atoms with van der Waals surface area (Å²) < 4.78 is 0. The summed E-state index contributed by atoms with van der Waals surface area (Å²) in [7, 11) is 0. The van der Waals surface area contributed by atoms with Crippen LogP contribution in [0.4, 0.5) is 0 Å². The quantitative estimate of drug-likeness (QED) is 0.837. The fraction of sp³-hybridized carbons (Fsp3) is 0.333. The van der Waals surface area contributed by atoms with Crippen LogP contribution in [0.5, 0.6) is 0 Å². The van der Waals surface area contributed by atoms with Gasteiger partial charge >= 0.3 is 5.97 Å². The number of nitrogens with zero attached hydrogens (tertiary/aromatic N) is 1. The van der Waals surface area contributed by atoms with Crippen molar-refractivity contribution in [2.24, 2.45) is 0 Å². The van der Waals surface area contributed by atoms with E-state index in [-0.39, 0.29) is 6.42 Å². The van der Waals surface area contributed by atoms with Crippen molar-refractivity contribution in [1.82, 2.24) is 9.97 Å². The number of hydrogen-bond acceptors (Lipinski definition) is 2. The molecule has 2 N–H and O–H groups in total. The second kappa shape index (κ2) is 6.18. The molecule has 0 bridgehead atoms. The van der Waals surface area contributed by atoms with Gasteiger partial charge in [0.15, 0.2) is 0 Å². The maximum absolute atomic E-state index is 10.5. The summed E-state index contributed by atoms with van der Waals surface area (Å²) in [6.07, 6.45) is 4.52. The van der Waals surface area contributed by atoms with Crippen molar-refractivity contribution in [2.45, 2.75) is 32.6 Å². The van der Waals surface area contributed by atoms with Gasteiger partial charge in [-0.15, -0.1) is 0 Å². The lowest BCUT2D eigenvalue weighted by Gasteiger charge is -2.01. The molecule has 1 aromatic carbocycles. The molecule has 0 atom stereocenters. The molecule has 0 amide bonds. The van der Waals surface area contributed by atoms with Crippen molar-refractivity contribution in [2.75, 3.05) is 0 Å². The van der Waals surface area contributed by atoms with E-state index < -0.39 is 5.97 Å².